The maximum Gasteiger partial charge on any atom is -0.0389 e. The van der Waals surface area contributed by atoms with Crippen LogP contribution in [0.15, 0.2) is 0 Å². The van der Waals surface area contributed by atoms with Crippen molar-refractivity contribution in [2.45, 2.75) is 64.7 Å². The van der Waals surface area contributed by atoms with Crippen LogP contribution < -0.4 is 0 Å². The van der Waals surface area contributed by atoms with Crippen molar-refractivity contribution in [2.75, 3.05) is 0 Å². The Labute approximate surface area is 78.8 Å². The molecular formula is C12H24. The first-order chi connectivity index (χ1) is 5.91. The van der Waals surface area contributed by atoms with Gasteiger partial charge in [-0.05, 0) is 6.42 Å². The molecule has 0 heteroatoms. The molecule has 0 saturated carbocycles. The Bertz CT molecular complexity index is 56.4. The van der Waals surface area contributed by atoms with Gasteiger partial charge in [0.15, 0.2) is 0 Å². The van der Waals surface area contributed by atoms with E-state index in [0.29, 0.717) is 0 Å². The van der Waals surface area contributed by atoms with Crippen LogP contribution in [0.4, 0.5) is 0 Å². The van der Waals surface area contributed by atoms with Crippen LogP contribution in [0.5, 0.6) is 0 Å². The van der Waals surface area contributed by atoms with Crippen molar-refractivity contribution in [1.82, 2.24) is 0 Å². The minimum absolute atomic E-state index is 1.11. The minimum Gasteiger partial charge on any atom is -0.0651 e. The topological polar surface area (TPSA) is 0 Å². The van der Waals surface area contributed by atoms with Crippen LogP contribution in [-0.2, 0) is 0 Å². The Kier molecular flexibility index (Phi) is 11.0. The van der Waals surface area contributed by atoms with E-state index in [1.807, 2.05) is 0 Å². The van der Waals surface area contributed by atoms with Gasteiger partial charge in [-0.2, -0.15) is 0 Å². The van der Waals surface area contributed by atoms with Crippen molar-refractivity contribution in [3.8, 4) is 0 Å². The summed E-state index contributed by atoms with van der Waals surface area (Å²) in [6.45, 7) is 6.06. The average molecular weight is 168 g/mol. The molecule has 0 saturated heterocycles. The standard InChI is InChI=1S/C12H24/c1-3-5-7-9-11-12-10-8-6-4-2/h6H,1,3-5,7-12H2,2H3. The van der Waals surface area contributed by atoms with Crippen molar-refractivity contribution in [3.63, 3.8) is 0 Å². The van der Waals surface area contributed by atoms with Crippen molar-refractivity contribution in [3.05, 3.63) is 13.3 Å². The van der Waals surface area contributed by atoms with Gasteiger partial charge in [-0.25, -0.2) is 0 Å². The Morgan fingerprint density at radius 2 is 1.50 bits per heavy atom. The van der Waals surface area contributed by atoms with Gasteiger partial charge < -0.3 is 0 Å². The van der Waals surface area contributed by atoms with E-state index in [2.05, 4.69) is 20.3 Å². The van der Waals surface area contributed by atoms with E-state index < -0.39 is 0 Å². The highest BCUT2D eigenvalue weighted by Gasteiger charge is 1.90. The van der Waals surface area contributed by atoms with Crippen molar-refractivity contribution < 1.29 is 0 Å². The molecule has 0 nitrogen and oxygen atoms in total. The average Bonchev–Trinajstić information content (AvgIpc) is 2.10. The summed E-state index contributed by atoms with van der Waals surface area (Å²) < 4.78 is 0. The lowest BCUT2D eigenvalue weighted by atomic mass is 10.1. The second-order valence-electron chi connectivity index (χ2n) is 3.46. The highest BCUT2D eigenvalue weighted by atomic mass is 14.0. The lowest BCUT2D eigenvalue weighted by Gasteiger charge is -1.99. The van der Waals surface area contributed by atoms with Crippen LogP contribution in [0, 0.1) is 13.3 Å². The van der Waals surface area contributed by atoms with E-state index in [0.717, 1.165) is 6.42 Å². The second-order valence-corrected chi connectivity index (χ2v) is 3.46. The van der Waals surface area contributed by atoms with Gasteiger partial charge in [0.2, 0.25) is 0 Å². The molecule has 72 valence electrons. The second kappa shape index (κ2) is 11.0. The number of hydrogen-bond acceptors (Lipinski definition) is 0. The van der Waals surface area contributed by atoms with Crippen LogP contribution >= 0.6 is 0 Å². The van der Waals surface area contributed by atoms with E-state index >= 15 is 0 Å². The fourth-order valence-corrected chi connectivity index (χ4v) is 1.38. The smallest absolute Gasteiger partial charge is 0.0389 e. The molecule has 0 spiro atoms. The third-order valence-electron chi connectivity index (χ3n) is 2.20. The highest BCUT2D eigenvalue weighted by Crippen LogP contribution is 2.09. The zero-order valence-electron chi connectivity index (χ0n) is 8.65. The predicted octanol–water partition coefficient (Wildman–Crippen LogP) is 4.56. The van der Waals surface area contributed by atoms with Gasteiger partial charge in [-0.3, -0.25) is 0 Å². The molecule has 0 aliphatic heterocycles. The van der Waals surface area contributed by atoms with Gasteiger partial charge >= 0.3 is 0 Å². The van der Waals surface area contributed by atoms with Crippen molar-refractivity contribution in [2.24, 2.45) is 0 Å². The van der Waals surface area contributed by atoms with Gasteiger partial charge in [-0.1, -0.05) is 71.6 Å². The number of hydrogen-bond donors (Lipinski definition) is 0. The molecule has 0 bridgehead atoms. The molecule has 0 aromatic rings. The van der Waals surface area contributed by atoms with Crippen LogP contribution in [0.3, 0.4) is 0 Å². The maximum absolute atomic E-state index is 3.84. The molecule has 0 atom stereocenters. The lowest BCUT2D eigenvalue weighted by Crippen LogP contribution is -1.80. The molecule has 0 rings (SSSR count). The molecule has 0 aromatic carbocycles. The van der Waals surface area contributed by atoms with E-state index in [9.17, 15) is 0 Å². The predicted molar refractivity (Wildman–Crippen MR) is 56.9 cm³/mol. The summed E-state index contributed by atoms with van der Waals surface area (Å²) in [4.78, 5) is 0. The molecule has 0 aliphatic carbocycles. The molecular weight excluding hydrogens is 144 g/mol. The summed E-state index contributed by atoms with van der Waals surface area (Å²) in [7, 11) is 0. The van der Waals surface area contributed by atoms with Crippen LogP contribution in [0.2, 0.25) is 0 Å². The zero-order valence-corrected chi connectivity index (χ0v) is 8.65. The molecule has 0 aliphatic rings. The van der Waals surface area contributed by atoms with Gasteiger partial charge in [0, 0.05) is 0 Å². The molecule has 0 unspecified atom stereocenters. The largest absolute Gasteiger partial charge is 0.0651 e. The molecule has 0 amide bonds. The molecule has 0 N–H and O–H groups in total. The fraction of sp³-hybridized carbons (Fsp3) is 0.833. The first kappa shape index (κ1) is 12.0. The number of rotatable bonds is 9. The van der Waals surface area contributed by atoms with E-state index in [4.69, 9.17) is 0 Å². The third-order valence-corrected chi connectivity index (χ3v) is 2.20. The summed E-state index contributed by atoms with van der Waals surface area (Å²) in [6, 6.07) is 0. The molecule has 0 heterocycles. The fourth-order valence-electron chi connectivity index (χ4n) is 1.38. The van der Waals surface area contributed by atoms with E-state index in [1.165, 1.54) is 51.4 Å². The Morgan fingerprint density at radius 1 is 0.917 bits per heavy atom. The molecule has 0 aromatic heterocycles. The zero-order chi connectivity index (χ0) is 9.07. The normalized spacial score (nSPS) is 10.5. The first-order valence-corrected chi connectivity index (χ1v) is 5.52. The monoisotopic (exact) mass is 168 g/mol. The Morgan fingerprint density at radius 3 is 2.08 bits per heavy atom. The lowest BCUT2D eigenvalue weighted by molar-refractivity contribution is 0.592. The molecule has 2 radical (unpaired) electrons. The van der Waals surface area contributed by atoms with E-state index in [1.54, 1.807) is 0 Å². The summed E-state index contributed by atoms with van der Waals surface area (Å²) >= 11 is 0. The van der Waals surface area contributed by atoms with Gasteiger partial charge in [0.05, 0.1) is 0 Å². The van der Waals surface area contributed by atoms with Crippen molar-refractivity contribution in [1.29, 1.82) is 0 Å². The Balaban J connectivity index is 2.73. The van der Waals surface area contributed by atoms with E-state index in [-0.39, 0.29) is 0 Å². The highest BCUT2D eigenvalue weighted by molar-refractivity contribution is 4.60. The van der Waals surface area contributed by atoms with Gasteiger partial charge in [0.25, 0.3) is 0 Å². The Hall–Kier alpha value is 0. The minimum atomic E-state index is 1.11. The van der Waals surface area contributed by atoms with Crippen LogP contribution in [0.1, 0.15) is 64.7 Å². The third kappa shape index (κ3) is 10.0. The van der Waals surface area contributed by atoms with Gasteiger partial charge in [0.1, 0.15) is 0 Å². The molecule has 12 heavy (non-hydrogen) atoms. The summed E-state index contributed by atoms with van der Waals surface area (Å²) in [5, 5.41) is 0. The van der Waals surface area contributed by atoms with Crippen LogP contribution in [0.25, 0.3) is 0 Å². The summed E-state index contributed by atoms with van der Waals surface area (Å²) in [5.41, 5.74) is 0. The SMILES string of the molecule is [CH2]CCCCCCCC[CH]CC. The first-order valence-electron chi connectivity index (χ1n) is 5.52. The summed E-state index contributed by atoms with van der Waals surface area (Å²) in [6.07, 6.45) is 14.4. The number of unbranched alkanes of at least 4 members (excludes halogenated alkanes) is 9. The maximum atomic E-state index is 3.84. The van der Waals surface area contributed by atoms with Crippen molar-refractivity contribution >= 4 is 0 Å². The summed E-state index contributed by atoms with van der Waals surface area (Å²) in [5.74, 6) is 0. The van der Waals surface area contributed by atoms with Gasteiger partial charge in [-0.15, -0.1) is 0 Å². The van der Waals surface area contributed by atoms with Crippen LogP contribution in [-0.4, -0.2) is 0 Å². The quantitative estimate of drug-likeness (QED) is 0.443. The molecule has 0 fully saturated rings.